The minimum absolute atomic E-state index is 0.191. The Morgan fingerprint density at radius 3 is 1.43 bits per heavy atom. The molecule has 0 spiro atoms. The van der Waals surface area contributed by atoms with Gasteiger partial charge in [0.05, 0.1) is 5.56 Å². The van der Waals surface area contributed by atoms with Crippen LogP contribution in [0.5, 0.6) is 28.7 Å². The van der Waals surface area contributed by atoms with Gasteiger partial charge in [0, 0.05) is 21.9 Å². The molecule has 0 bridgehead atoms. The van der Waals surface area contributed by atoms with Gasteiger partial charge in [-0.15, -0.1) is 0 Å². The number of furan rings is 1. The lowest BCUT2D eigenvalue weighted by Gasteiger charge is -2.21. The van der Waals surface area contributed by atoms with E-state index in [1.165, 1.54) is 0 Å². The second-order valence-electron chi connectivity index (χ2n) is 15.1. The molecule has 1 aromatic heterocycles. The van der Waals surface area contributed by atoms with Crippen molar-refractivity contribution in [1.82, 2.24) is 0 Å². The highest BCUT2D eigenvalue weighted by atomic mass is 16.4. The predicted molar refractivity (Wildman–Crippen MR) is 242 cm³/mol. The zero-order valence-corrected chi connectivity index (χ0v) is 31.9. The largest absolute Gasteiger partial charge is 0.504 e. The van der Waals surface area contributed by atoms with Crippen molar-refractivity contribution in [2.45, 2.75) is 0 Å². The van der Waals surface area contributed by atoms with Crippen LogP contribution in [0.2, 0.25) is 0 Å². The number of phenolic OH excluding ortho intramolecular Hbond substituents is 5. The van der Waals surface area contributed by atoms with E-state index in [4.69, 9.17) is 4.42 Å². The molecule has 60 heavy (non-hydrogen) atoms. The zero-order valence-electron chi connectivity index (χ0n) is 31.9. The van der Waals surface area contributed by atoms with Crippen LogP contribution in [-0.2, 0) is 0 Å². The number of rotatable bonds is 5. The van der Waals surface area contributed by atoms with Gasteiger partial charge in [-0.25, -0.2) is 0 Å². The van der Waals surface area contributed by atoms with Crippen LogP contribution in [-0.4, -0.2) is 25.5 Å². The predicted octanol–water partition coefficient (Wildman–Crippen LogP) is 13.9. The third-order valence-corrected chi connectivity index (χ3v) is 11.8. The van der Waals surface area contributed by atoms with Crippen LogP contribution in [0.15, 0.2) is 180 Å². The first kappa shape index (κ1) is 35.0. The summed E-state index contributed by atoms with van der Waals surface area (Å²) in [4.78, 5) is 0. The number of phenols is 5. The first-order chi connectivity index (χ1) is 29.4. The highest BCUT2D eigenvalue weighted by molar-refractivity contribution is 6.25. The SMILES string of the molecule is Oc1c(O)c(O)c(-c2c3ccccc3c(-c3cc(-c4ccc5oc6ccccc6c5c4-c4ccc(-c5ccccc5)cc4)cc4ccccc34)c3ccccc23)c(O)c1O. The Bertz CT molecular complexity index is 3440. The van der Waals surface area contributed by atoms with Gasteiger partial charge in [-0.2, -0.15) is 0 Å². The molecule has 1 heterocycles. The maximum Gasteiger partial charge on any atom is 0.208 e. The molecule has 5 N–H and O–H groups in total. The molecule has 0 aliphatic heterocycles. The summed E-state index contributed by atoms with van der Waals surface area (Å²) in [7, 11) is 0. The summed E-state index contributed by atoms with van der Waals surface area (Å²) >= 11 is 0. The van der Waals surface area contributed by atoms with E-state index >= 15 is 0 Å². The van der Waals surface area contributed by atoms with Gasteiger partial charge in [-0.1, -0.05) is 152 Å². The van der Waals surface area contributed by atoms with Crippen molar-refractivity contribution >= 4 is 54.3 Å². The molecule has 0 amide bonds. The maximum absolute atomic E-state index is 11.3. The fourth-order valence-electron chi connectivity index (χ4n) is 9.10. The lowest BCUT2D eigenvalue weighted by Crippen LogP contribution is -1.94. The van der Waals surface area contributed by atoms with Crippen LogP contribution in [0, 0.1) is 0 Å². The number of fused-ring (bicyclic) bond motifs is 6. The van der Waals surface area contributed by atoms with E-state index in [1.54, 1.807) is 0 Å². The Balaban J connectivity index is 1.23. The van der Waals surface area contributed by atoms with Crippen LogP contribution in [0.25, 0.3) is 110 Å². The molecule has 6 nitrogen and oxygen atoms in total. The smallest absolute Gasteiger partial charge is 0.208 e. The van der Waals surface area contributed by atoms with E-state index in [2.05, 4.69) is 78.9 Å². The highest BCUT2D eigenvalue weighted by Gasteiger charge is 2.28. The van der Waals surface area contributed by atoms with Crippen molar-refractivity contribution in [2.75, 3.05) is 0 Å². The third kappa shape index (κ3) is 5.21. The Hall–Kier alpha value is -8.22. The molecular formula is C54H34O6. The number of hydrogen-bond donors (Lipinski definition) is 5. The first-order valence-corrected chi connectivity index (χ1v) is 19.6. The Morgan fingerprint density at radius 2 is 0.783 bits per heavy atom. The van der Waals surface area contributed by atoms with E-state index in [0.717, 1.165) is 88.0 Å². The normalized spacial score (nSPS) is 11.7. The molecule has 0 saturated carbocycles. The van der Waals surface area contributed by atoms with Gasteiger partial charge in [0.1, 0.15) is 11.2 Å². The number of aromatic hydroxyl groups is 5. The zero-order chi connectivity index (χ0) is 40.6. The van der Waals surface area contributed by atoms with E-state index in [9.17, 15) is 25.5 Å². The molecule has 0 atom stereocenters. The molecule has 0 aliphatic carbocycles. The van der Waals surface area contributed by atoms with Crippen LogP contribution < -0.4 is 0 Å². The molecule has 10 aromatic carbocycles. The van der Waals surface area contributed by atoms with Gasteiger partial charge in [0.15, 0.2) is 11.5 Å². The van der Waals surface area contributed by atoms with E-state index < -0.39 is 28.7 Å². The highest BCUT2D eigenvalue weighted by Crippen LogP contribution is 2.58. The summed E-state index contributed by atoms with van der Waals surface area (Å²) in [5.74, 6) is -4.35. The first-order valence-electron chi connectivity index (χ1n) is 19.6. The van der Waals surface area contributed by atoms with Gasteiger partial charge >= 0.3 is 0 Å². The monoisotopic (exact) mass is 778 g/mol. The summed E-state index contributed by atoms with van der Waals surface area (Å²) in [5, 5.41) is 61.3. The quantitative estimate of drug-likeness (QED) is 0.0675. The molecule has 286 valence electrons. The second-order valence-corrected chi connectivity index (χ2v) is 15.1. The molecular weight excluding hydrogens is 745 g/mol. The molecule has 11 aromatic rings. The standard InChI is InChI=1S/C54H34O6/c55-50-49(51(56)53(58)54(59)52(50)57)47-39-18-8-6-16-37(39)46(38-17-7-9-19-40(38)47)42-29-34(28-33-14-4-5-15-35(33)42)36-26-27-44-48(41-20-10-11-21-43(41)60-44)45(36)32-24-22-31(23-25-32)30-12-2-1-3-13-30/h1-29,55-59H. The summed E-state index contributed by atoms with van der Waals surface area (Å²) in [6.07, 6.45) is 0. The van der Waals surface area contributed by atoms with Gasteiger partial charge in [0.2, 0.25) is 17.2 Å². The fourth-order valence-corrected chi connectivity index (χ4v) is 9.10. The number of hydrogen-bond acceptors (Lipinski definition) is 6. The second kappa shape index (κ2) is 13.4. The van der Waals surface area contributed by atoms with Crippen LogP contribution in [0.3, 0.4) is 0 Å². The topological polar surface area (TPSA) is 114 Å². The lowest BCUT2D eigenvalue weighted by atomic mass is 9.82. The average Bonchev–Trinajstić information content (AvgIpc) is 3.69. The molecule has 6 heteroatoms. The van der Waals surface area contributed by atoms with Crippen molar-refractivity contribution in [3.8, 4) is 84.4 Å². The van der Waals surface area contributed by atoms with E-state index in [-0.39, 0.29) is 5.56 Å². The number of benzene rings is 10. The van der Waals surface area contributed by atoms with Crippen LogP contribution in [0.1, 0.15) is 0 Å². The van der Waals surface area contributed by atoms with Crippen molar-refractivity contribution in [1.29, 1.82) is 0 Å². The van der Waals surface area contributed by atoms with Crippen molar-refractivity contribution in [3.05, 3.63) is 176 Å². The molecule has 0 aliphatic rings. The van der Waals surface area contributed by atoms with Crippen LogP contribution >= 0.6 is 0 Å². The van der Waals surface area contributed by atoms with Crippen molar-refractivity contribution in [3.63, 3.8) is 0 Å². The maximum atomic E-state index is 11.3. The molecule has 0 unspecified atom stereocenters. The fraction of sp³-hybridized carbons (Fsp3) is 0. The summed E-state index contributed by atoms with van der Waals surface area (Å²) < 4.78 is 6.46. The van der Waals surface area contributed by atoms with Crippen LogP contribution in [0.4, 0.5) is 0 Å². The van der Waals surface area contributed by atoms with Gasteiger partial charge in [0.25, 0.3) is 0 Å². The Morgan fingerprint density at radius 1 is 0.283 bits per heavy atom. The van der Waals surface area contributed by atoms with E-state index in [0.29, 0.717) is 16.3 Å². The molecule has 0 fully saturated rings. The van der Waals surface area contributed by atoms with Crippen molar-refractivity contribution in [2.24, 2.45) is 0 Å². The minimum atomic E-state index is -1.00. The summed E-state index contributed by atoms with van der Waals surface area (Å²) in [5.41, 5.74) is 10.1. The summed E-state index contributed by atoms with van der Waals surface area (Å²) in [6.45, 7) is 0. The Kier molecular flexibility index (Phi) is 7.83. The van der Waals surface area contributed by atoms with Gasteiger partial charge in [-0.05, 0) is 95.5 Å². The van der Waals surface area contributed by atoms with Gasteiger partial charge < -0.3 is 29.9 Å². The molecule has 0 saturated heterocycles. The third-order valence-electron chi connectivity index (χ3n) is 11.8. The Labute approximate surface area is 343 Å². The summed E-state index contributed by atoms with van der Waals surface area (Å²) in [6, 6.07) is 59.6. The van der Waals surface area contributed by atoms with Crippen molar-refractivity contribution < 1.29 is 29.9 Å². The van der Waals surface area contributed by atoms with Gasteiger partial charge in [-0.3, -0.25) is 0 Å². The lowest BCUT2D eigenvalue weighted by molar-refractivity contribution is 0.330. The molecule has 11 rings (SSSR count). The van der Waals surface area contributed by atoms with E-state index in [1.807, 2.05) is 97.1 Å². The minimum Gasteiger partial charge on any atom is -0.504 e. The number of para-hydroxylation sites is 1. The molecule has 0 radical (unpaired) electrons. The average molecular weight is 779 g/mol.